The van der Waals surface area contributed by atoms with E-state index in [1.54, 1.807) is 15.8 Å². The van der Waals surface area contributed by atoms with Crippen LogP contribution in [0.5, 0.6) is 0 Å². The molecule has 2 heterocycles. The molecule has 7 heteroatoms. The Kier molecular flexibility index (Phi) is 4.52. The second kappa shape index (κ2) is 6.04. The number of halogens is 1. The normalized spacial score (nSPS) is 22.2. The summed E-state index contributed by atoms with van der Waals surface area (Å²) in [6, 6.07) is 2.27. The van der Waals surface area contributed by atoms with Gasteiger partial charge >= 0.3 is 0 Å². The van der Waals surface area contributed by atoms with Crippen LogP contribution in [0.3, 0.4) is 0 Å². The molecule has 4 nitrogen and oxygen atoms in total. The van der Waals surface area contributed by atoms with E-state index >= 15 is 0 Å². The lowest BCUT2D eigenvalue weighted by molar-refractivity contribution is 0.288. The van der Waals surface area contributed by atoms with Crippen LogP contribution in [0.2, 0.25) is 0 Å². The van der Waals surface area contributed by atoms with Gasteiger partial charge in [-0.3, -0.25) is 0 Å². The first-order valence-electron chi connectivity index (χ1n) is 7.04. The van der Waals surface area contributed by atoms with Gasteiger partial charge < -0.3 is 5.32 Å². The first kappa shape index (κ1) is 15.0. The molecule has 1 saturated heterocycles. The number of hydrogen-bond acceptors (Lipinski definition) is 4. The van der Waals surface area contributed by atoms with Crippen molar-refractivity contribution < 1.29 is 8.42 Å². The van der Waals surface area contributed by atoms with Crippen LogP contribution >= 0.6 is 27.3 Å². The van der Waals surface area contributed by atoms with E-state index in [1.807, 2.05) is 0 Å². The van der Waals surface area contributed by atoms with E-state index in [9.17, 15) is 8.42 Å². The van der Waals surface area contributed by atoms with Crippen molar-refractivity contribution in [3.63, 3.8) is 0 Å². The lowest BCUT2D eigenvalue weighted by atomic mass is 10.1. The molecule has 112 valence electrons. The van der Waals surface area contributed by atoms with Gasteiger partial charge in [-0.05, 0) is 65.5 Å². The number of hydrogen-bond donors (Lipinski definition) is 1. The minimum atomic E-state index is -3.31. The highest BCUT2D eigenvalue weighted by atomic mass is 79.9. The summed E-state index contributed by atoms with van der Waals surface area (Å²) in [5, 5.41) is 5.38. The van der Waals surface area contributed by atoms with Crippen molar-refractivity contribution in [1.29, 1.82) is 0 Å². The van der Waals surface area contributed by atoms with E-state index in [4.69, 9.17) is 0 Å². The lowest BCUT2D eigenvalue weighted by Crippen LogP contribution is -2.45. The van der Waals surface area contributed by atoms with Crippen molar-refractivity contribution in [3.8, 4) is 0 Å². The van der Waals surface area contributed by atoms with Gasteiger partial charge in [-0.15, -0.1) is 11.3 Å². The summed E-state index contributed by atoms with van der Waals surface area (Å²) >= 11 is 4.60. The van der Waals surface area contributed by atoms with Crippen LogP contribution in [0.1, 0.15) is 25.7 Å². The zero-order valence-electron chi connectivity index (χ0n) is 11.2. The zero-order chi connectivity index (χ0) is 14.2. The zero-order valence-corrected chi connectivity index (χ0v) is 14.4. The molecule has 3 rings (SSSR count). The van der Waals surface area contributed by atoms with Gasteiger partial charge in [-0.1, -0.05) is 0 Å². The van der Waals surface area contributed by atoms with E-state index < -0.39 is 10.0 Å². The maximum Gasteiger partial charge on any atom is 0.253 e. The fraction of sp³-hybridized carbons (Fsp3) is 0.692. The average molecular weight is 379 g/mol. The Morgan fingerprint density at radius 3 is 2.55 bits per heavy atom. The summed E-state index contributed by atoms with van der Waals surface area (Å²) in [5.74, 6) is 0.874. The molecule has 1 aromatic rings. The molecule has 0 bridgehead atoms. The Bertz CT molecular complexity index is 561. The fourth-order valence-corrected chi connectivity index (χ4v) is 6.46. The molecule has 0 spiro atoms. The molecule has 20 heavy (non-hydrogen) atoms. The molecule has 0 unspecified atom stereocenters. The van der Waals surface area contributed by atoms with Crippen molar-refractivity contribution in [3.05, 3.63) is 15.9 Å². The number of sulfonamides is 1. The Morgan fingerprint density at radius 2 is 2.00 bits per heavy atom. The molecule has 2 fully saturated rings. The second-order valence-corrected chi connectivity index (χ2v) is 9.49. The molecule has 1 aliphatic heterocycles. The number of nitrogens with one attached hydrogen (secondary N) is 1. The lowest BCUT2D eigenvalue weighted by Gasteiger charge is -2.31. The van der Waals surface area contributed by atoms with E-state index in [1.165, 1.54) is 24.2 Å². The summed E-state index contributed by atoms with van der Waals surface area (Å²) < 4.78 is 27.8. The van der Waals surface area contributed by atoms with Crippen molar-refractivity contribution in [2.24, 2.45) is 5.92 Å². The highest BCUT2D eigenvalue weighted by Gasteiger charge is 2.32. The predicted molar refractivity (Wildman–Crippen MR) is 84.5 cm³/mol. The Labute approximate surface area is 132 Å². The summed E-state index contributed by atoms with van der Waals surface area (Å²) in [4.78, 5) is 0. The summed E-state index contributed by atoms with van der Waals surface area (Å²) in [6.45, 7) is 2.35. The molecule has 1 N–H and O–H groups in total. The average Bonchev–Trinajstić information content (AvgIpc) is 3.17. The van der Waals surface area contributed by atoms with Crippen LogP contribution in [0.4, 0.5) is 0 Å². The maximum absolute atomic E-state index is 12.5. The Morgan fingerprint density at radius 1 is 1.30 bits per heavy atom. The highest BCUT2D eigenvalue weighted by Crippen LogP contribution is 2.32. The molecule has 1 aromatic heterocycles. The minimum Gasteiger partial charge on any atom is -0.314 e. The van der Waals surface area contributed by atoms with Crippen LogP contribution in [0, 0.1) is 5.92 Å². The summed E-state index contributed by atoms with van der Waals surface area (Å²) in [5.41, 5.74) is 0. The number of nitrogens with zero attached hydrogens (tertiary/aromatic N) is 1. The van der Waals surface area contributed by atoms with Crippen LogP contribution in [0.25, 0.3) is 0 Å². The smallest absolute Gasteiger partial charge is 0.253 e. The third-order valence-electron chi connectivity index (χ3n) is 4.00. The van der Waals surface area contributed by atoms with Crippen LogP contribution < -0.4 is 5.32 Å². The first-order chi connectivity index (χ1) is 9.57. The molecule has 0 aromatic carbocycles. The third-order valence-corrected chi connectivity index (χ3v) is 8.55. The quantitative estimate of drug-likeness (QED) is 0.856. The molecule has 1 aliphatic carbocycles. The summed E-state index contributed by atoms with van der Waals surface area (Å²) in [7, 11) is -3.31. The number of piperidine rings is 1. The minimum absolute atomic E-state index is 0.432. The van der Waals surface area contributed by atoms with E-state index in [0.29, 0.717) is 27.8 Å². The van der Waals surface area contributed by atoms with Crippen LogP contribution in [-0.4, -0.2) is 38.4 Å². The molecule has 2 aliphatic rings. The van der Waals surface area contributed by atoms with Gasteiger partial charge in [0.1, 0.15) is 4.21 Å². The van der Waals surface area contributed by atoms with Crippen molar-refractivity contribution in [1.82, 2.24) is 9.62 Å². The topological polar surface area (TPSA) is 49.4 Å². The molecule has 1 saturated carbocycles. The van der Waals surface area contributed by atoms with Crippen molar-refractivity contribution in [2.75, 3.05) is 19.6 Å². The third kappa shape index (κ3) is 3.27. The van der Waals surface area contributed by atoms with Gasteiger partial charge in [0.2, 0.25) is 0 Å². The second-order valence-electron chi connectivity index (χ2n) is 5.59. The van der Waals surface area contributed by atoms with Crippen molar-refractivity contribution >= 4 is 37.3 Å². The standard InChI is InChI=1S/C13H19BrN2O2S2/c14-12-5-8-19-13(12)20(17,18)16-6-3-11(4-7-16)15-9-10-1-2-10/h5,8,10-11,15H,1-4,6-7,9H2. The predicted octanol–water partition coefficient (Wildman–Crippen LogP) is 2.66. The Hall–Kier alpha value is 0.0500. The van der Waals surface area contributed by atoms with E-state index in [2.05, 4.69) is 21.2 Å². The first-order valence-corrected chi connectivity index (χ1v) is 10.1. The number of thiophene rings is 1. The molecule has 0 atom stereocenters. The van der Waals surface area contributed by atoms with Crippen LogP contribution in [-0.2, 0) is 10.0 Å². The molecule has 0 radical (unpaired) electrons. The SMILES string of the molecule is O=S(=O)(c1sccc1Br)N1CCC(NCC2CC2)CC1. The molecular weight excluding hydrogens is 360 g/mol. The largest absolute Gasteiger partial charge is 0.314 e. The van der Waals surface area contributed by atoms with Gasteiger partial charge in [-0.2, -0.15) is 4.31 Å². The van der Waals surface area contributed by atoms with E-state index in [-0.39, 0.29) is 0 Å². The monoisotopic (exact) mass is 378 g/mol. The van der Waals surface area contributed by atoms with E-state index in [0.717, 1.165) is 25.3 Å². The fourth-order valence-electron chi connectivity index (χ4n) is 2.54. The summed E-state index contributed by atoms with van der Waals surface area (Å²) in [6.07, 6.45) is 4.53. The van der Waals surface area contributed by atoms with Gasteiger partial charge in [-0.25, -0.2) is 8.42 Å². The van der Waals surface area contributed by atoms with Crippen molar-refractivity contribution in [2.45, 2.75) is 35.9 Å². The van der Waals surface area contributed by atoms with Crippen LogP contribution in [0.15, 0.2) is 20.1 Å². The highest BCUT2D eigenvalue weighted by molar-refractivity contribution is 9.10. The van der Waals surface area contributed by atoms with Gasteiger partial charge in [0.15, 0.2) is 0 Å². The Balaban J connectivity index is 1.58. The molecule has 0 amide bonds. The van der Waals surface area contributed by atoms with Gasteiger partial charge in [0.25, 0.3) is 10.0 Å². The van der Waals surface area contributed by atoms with Gasteiger partial charge in [0.05, 0.1) is 0 Å². The number of rotatable bonds is 5. The maximum atomic E-state index is 12.5. The van der Waals surface area contributed by atoms with Gasteiger partial charge in [0, 0.05) is 23.6 Å². The molecular formula is C13H19BrN2O2S2.